The number of ether oxygens (including phenoxy) is 2. The maximum absolute atomic E-state index is 12.8. The van der Waals surface area contributed by atoms with Gasteiger partial charge in [0.25, 0.3) is 0 Å². The third-order valence-corrected chi connectivity index (χ3v) is 3.51. The minimum absolute atomic E-state index is 0.263. The molecule has 0 fully saturated rings. The van der Waals surface area contributed by atoms with E-state index in [-0.39, 0.29) is 11.3 Å². The van der Waals surface area contributed by atoms with Crippen molar-refractivity contribution in [3.8, 4) is 5.75 Å². The average Bonchev–Trinajstić information content (AvgIpc) is 2.53. The van der Waals surface area contributed by atoms with E-state index in [9.17, 15) is 9.59 Å². The van der Waals surface area contributed by atoms with Crippen molar-refractivity contribution in [1.29, 1.82) is 0 Å². The van der Waals surface area contributed by atoms with E-state index < -0.39 is 5.97 Å². The summed E-state index contributed by atoms with van der Waals surface area (Å²) < 4.78 is 10.1. The van der Waals surface area contributed by atoms with Crippen molar-refractivity contribution in [2.45, 2.75) is 13.8 Å². The van der Waals surface area contributed by atoms with Gasteiger partial charge in [-0.1, -0.05) is 24.3 Å². The number of esters is 1. The molecular weight excluding hydrogens is 280 g/mol. The van der Waals surface area contributed by atoms with Gasteiger partial charge in [0.15, 0.2) is 5.78 Å². The predicted octanol–water partition coefficient (Wildman–Crippen LogP) is 3.33. The van der Waals surface area contributed by atoms with Gasteiger partial charge in [-0.15, -0.1) is 0 Å². The summed E-state index contributed by atoms with van der Waals surface area (Å²) in [6.07, 6.45) is 0. The van der Waals surface area contributed by atoms with Crippen molar-refractivity contribution in [3.63, 3.8) is 0 Å². The number of methoxy groups -OCH3 is 2. The first-order valence-electron chi connectivity index (χ1n) is 6.87. The molecular formula is C18H18O4. The van der Waals surface area contributed by atoms with Gasteiger partial charge in [-0.05, 0) is 37.1 Å². The highest BCUT2D eigenvalue weighted by atomic mass is 16.5. The van der Waals surface area contributed by atoms with Gasteiger partial charge in [0.1, 0.15) is 5.75 Å². The lowest BCUT2D eigenvalue weighted by atomic mass is 9.94. The van der Waals surface area contributed by atoms with Crippen LogP contribution < -0.4 is 4.74 Å². The van der Waals surface area contributed by atoms with E-state index >= 15 is 0 Å². The summed E-state index contributed by atoms with van der Waals surface area (Å²) in [5, 5.41) is 0. The molecule has 0 bridgehead atoms. The van der Waals surface area contributed by atoms with Crippen molar-refractivity contribution in [3.05, 3.63) is 64.2 Å². The molecule has 0 heterocycles. The van der Waals surface area contributed by atoms with E-state index in [1.165, 1.54) is 14.2 Å². The van der Waals surface area contributed by atoms with Gasteiger partial charge < -0.3 is 9.47 Å². The number of carbonyl (C=O) groups is 2. The van der Waals surface area contributed by atoms with Gasteiger partial charge in [0.2, 0.25) is 0 Å². The lowest BCUT2D eigenvalue weighted by molar-refractivity contribution is 0.0596. The van der Waals surface area contributed by atoms with Crippen LogP contribution in [0.2, 0.25) is 0 Å². The molecule has 0 aliphatic heterocycles. The number of carbonyl (C=O) groups excluding carboxylic acids is 2. The van der Waals surface area contributed by atoms with Crippen molar-refractivity contribution in [2.24, 2.45) is 0 Å². The normalized spacial score (nSPS) is 10.2. The fraction of sp³-hybridized carbons (Fsp3) is 0.222. The van der Waals surface area contributed by atoms with Gasteiger partial charge >= 0.3 is 5.97 Å². The Balaban J connectivity index is 2.60. The number of hydrogen-bond donors (Lipinski definition) is 0. The summed E-state index contributed by atoms with van der Waals surface area (Å²) in [6.45, 7) is 3.69. The zero-order valence-corrected chi connectivity index (χ0v) is 13.1. The number of aryl methyl sites for hydroxylation is 2. The zero-order chi connectivity index (χ0) is 16.3. The highest BCUT2D eigenvalue weighted by molar-refractivity contribution is 6.16. The van der Waals surface area contributed by atoms with Crippen LogP contribution in [0.15, 0.2) is 36.4 Å². The van der Waals surface area contributed by atoms with Crippen LogP contribution in [0, 0.1) is 13.8 Å². The van der Waals surface area contributed by atoms with Crippen LogP contribution in [0.1, 0.15) is 37.4 Å². The molecule has 0 amide bonds. The molecule has 114 valence electrons. The lowest BCUT2D eigenvalue weighted by Crippen LogP contribution is -2.14. The fourth-order valence-corrected chi connectivity index (χ4v) is 2.36. The summed E-state index contributed by atoms with van der Waals surface area (Å²) in [5.74, 6) is -0.296. The lowest BCUT2D eigenvalue weighted by Gasteiger charge is -2.12. The second-order valence-corrected chi connectivity index (χ2v) is 5.02. The van der Waals surface area contributed by atoms with E-state index in [0.29, 0.717) is 22.4 Å². The topological polar surface area (TPSA) is 52.6 Å². The summed E-state index contributed by atoms with van der Waals surface area (Å²) >= 11 is 0. The number of hydrogen-bond acceptors (Lipinski definition) is 4. The van der Waals surface area contributed by atoms with Crippen molar-refractivity contribution in [2.75, 3.05) is 14.2 Å². The second kappa shape index (κ2) is 6.43. The molecule has 0 unspecified atom stereocenters. The smallest absolute Gasteiger partial charge is 0.338 e. The Morgan fingerprint density at radius 3 is 2.32 bits per heavy atom. The van der Waals surface area contributed by atoms with Crippen LogP contribution >= 0.6 is 0 Å². The monoisotopic (exact) mass is 298 g/mol. The minimum Gasteiger partial charge on any atom is -0.496 e. The molecule has 22 heavy (non-hydrogen) atoms. The van der Waals surface area contributed by atoms with Crippen molar-refractivity contribution < 1.29 is 19.1 Å². The molecule has 2 rings (SSSR count). The molecule has 0 saturated heterocycles. The molecule has 2 aromatic rings. The SMILES string of the molecule is COC(=O)c1c(C)cccc1C(=O)c1ccc(C)cc1OC. The Hall–Kier alpha value is -2.62. The minimum atomic E-state index is -0.521. The Morgan fingerprint density at radius 1 is 0.955 bits per heavy atom. The van der Waals surface area contributed by atoms with E-state index in [1.54, 1.807) is 37.3 Å². The largest absolute Gasteiger partial charge is 0.496 e. The molecule has 2 aromatic carbocycles. The standard InChI is InChI=1S/C18H18O4/c1-11-8-9-13(15(10-11)21-3)17(19)14-7-5-6-12(2)16(14)18(20)22-4/h5-10H,1-4H3. The van der Waals surface area contributed by atoms with Crippen LogP contribution in [0.3, 0.4) is 0 Å². The predicted molar refractivity (Wildman–Crippen MR) is 83.7 cm³/mol. The Morgan fingerprint density at radius 2 is 1.68 bits per heavy atom. The Labute approximate surface area is 129 Å². The number of ketones is 1. The molecule has 0 aliphatic rings. The summed E-state index contributed by atoms with van der Waals surface area (Å²) in [6, 6.07) is 10.5. The third kappa shape index (κ3) is 2.86. The molecule has 0 aromatic heterocycles. The molecule has 0 N–H and O–H groups in total. The third-order valence-electron chi connectivity index (χ3n) is 3.51. The van der Waals surface area contributed by atoms with E-state index in [2.05, 4.69) is 0 Å². The van der Waals surface area contributed by atoms with Gasteiger partial charge in [0.05, 0.1) is 25.3 Å². The highest BCUT2D eigenvalue weighted by Crippen LogP contribution is 2.26. The average molecular weight is 298 g/mol. The summed E-state index contributed by atoms with van der Waals surface area (Å²) in [4.78, 5) is 24.8. The zero-order valence-electron chi connectivity index (χ0n) is 13.1. The Bertz CT molecular complexity index is 732. The maximum Gasteiger partial charge on any atom is 0.338 e. The van der Waals surface area contributed by atoms with Crippen molar-refractivity contribution >= 4 is 11.8 Å². The van der Waals surface area contributed by atoms with Crippen LogP contribution in [0.25, 0.3) is 0 Å². The molecule has 0 spiro atoms. The molecule has 0 aliphatic carbocycles. The Kier molecular flexibility index (Phi) is 4.61. The second-order valence-electron chi connectivity index (χ2n) is 5.02. The quantitative estimate of drug-likeness (QED) is 0.642. The van der Waals surface area contributed by atoms with E-state index in [0.717, 1.165) is 5.56 Å². The van der Waals surface area contributed by atoms with Crippen molar-refractivity contribution in [1.82, 2.24) is 0 Å². The number of rotatable bonds is 4. The van der Waals surface area contributed by atoms with Gasteiger partial charge in [0, 0.05) is 5.56 Å². The van der Waals surface area contributed by atoms with Crippen LogP contribution in [0.5, 0.6) is 5.75 Å². The molecule has 0 radical (unpaired) electrons. The molecule has 0 atom stereocenters. The van der Waals surface area contributed by atoms with Crippen LogP contribution in [0.4, 0.5) is 0 Å². The number of benzene rings is 2. The summed E-state index contributed by atoms with van der Waals surface area (Å²) in [5.41, 5.74) is 2.71. The molecule has 4 nitrogen and oxygen atoms in total. The maximum atomic E-state index is 12.8. The fourth-order valence-electron chi connectivity index (χ4n) is 2.36. The first-order valence-corrected chi connectivity index (χ1v) is 6.87. The first kappa shape index (κ1) is 15.8. The van der Waals surface area contributed by atoms with Crippen LogP contribution in [-0.4, -0.2) is 26.0 Å². The summed E-state index contributed by atoms with van der Waals surface area (Å²) in [7, 11) is 2.82. The van der Waals surface area contributed by atoms with Gasteiger partial charge in [-0.25, -0.2) is 4.79 Å². The molecule has 0 saturated carbocycles. The molecule has 4 heteroatoms. The van der Waals surface area contributed by atoms with Gasteiger partial charge in [-0.3, -0.25) is 4.79 Å². The van der Waals surface area contributed by atoms with Crippen LogP contribution in [-0.2, 0) is 4.74 Å². The highest BCUT2D eigenvalue weighted by Gasteiger charge is 2.22. The van der Waals surface area contributed by atoms with E-state index in [4.69, 9.17) is 9.47 Å². The first-order chi connectivity index (χ1) is 10.5. The van der Waals surface area contributed by atoms with Gasteiger partial charge in [-0.2, -0.15) is 0 Å². The van der Waals surface area contributed by atoms with E-state index in [1.807, 2.05) is 13.0 Å².